The first-order valence-electron chi connectivity index (χ1n) is 7.80. The van der Waals surface area contributed by atoms with Crippen LogP contribution in [0.2, 0.25) is 0 Å². The molecule has 0 bridgehead atoms. The van der Waals surface area contributed by atoms with Crippen LogP contribution in [0.25, 0.3) is 11.3 Å². The molecule has 0 aliphatic rings. The Morgan fingerprint density at radius 2 is 2.07 bits per heavy atom. The van der Waals surface area contributed by atoms with E-state index in [0.29, 0.717) is 5.69 Å². The fraction of sp³-hybridized carbons (Fsp3) is 0.167. The normalized spacial score (nSPS) is 11.3. The summed E-state index contributed by atoms with van der Waals surface area (Å²) in [5.41, 5.74) is 2.46. The number of amides is 1. The second-order valence-corrected chi connectivity index (χ2v) is 6.64. The molecule has 0 aliphatic carbocycles. The number of nitrogens with one attached hydrogen (secondary N) is 1. The van der Waals surface area contributed by atoms with E-state index in [-0.39, 0.29) is 11.4 Å². The second-order valence-electron chi connectivity index (χ2n) is 5.58. The summed E-state index contributed by atoms with van der Waals surface area (Å²) < 4.78 is 40.9. The van der Waals surface area contributed by atoms with Crippen LogP contribution < -0.4 is 10.1 Å². The van der Waals surface area contributed by atoms with E-state index in [1.165, 1.54) is 23.5 Å². The van der Waals surface area contributed by atoms with Crippen LogP contribution in [-0.2, 0) is 0 Å². The standard InChI is InChI=1S/C18H14F3N3O2S/c1-11-23-15(9-27-11)12-3-2-4-14(7-12)24-17(25)13-5-6-16(22-8-13)26-10-18(19,20)21/h2-9H,10H2,1H3,(H,24,25). The summed E-state index contributed by atoms with van der Waals surface area (Å²) in [5, 5.41) is 5.60. The lowest BCUT2D eigenvalue weighted by atomic mass is 10.1. The molecule has 5 nitrogen and oxygen atoms in total. The zero-order chi connectivity index (χ0) is 19.4. The van der Waals surface area contributed by atoms with Crippen molar-refractivity contribution in [3.05, 3.63) is 58.5 Å². The van der Waals surface area contributed by atoms with Crippen LogP contribution in [0, 0.1) is 6.92 Å². The molecule has 140 valence electrons. The Morgan fingerprint density at radius 1 is 1.26 bits per heavy atom. The van der Waals surface area contributed by atoms with Crippen LogP contribution >= 0.6 is 11.3 Å². The molecule has 1 aromatic carbocycles. The van der Waals surface area contributed by atoms with Gasteiger partial charge < -0.3 is 10.1 Å². The molecule has 3 rings (SSSR count). The molecule has 0 saturated carbocycles. The van der Waals surface area contributed by atoms with Gasteiger partial charge in [-0.3, -0.25) is 4.79 Å². The van der Waals surface area contributed by atoms with Gasteiger partial charge >= 0.3 is 6.18 Å². The topological polar surface area (TPSA) is 64.1 Å². The first-order chi connectivity index (χ1) is 12.8. The Balaban J connectivity index is 1.67. The van der Waals surface area contributed by atoms with Crippen LogP contribution in [0.5, 0.6) is 5.88 Å². The first-order valence-corrected chi connectivity index (χ1v) is 8.68. The molecule has 1 N–H and O–H groups in total. The van der Waals surface area contributed by atoms with Crippen molar-refractivity contribution in [3.63, 3.8) is 0 Å². The summed E-state index contributed by atoms with van der Waals surface area (Å²) in [4.78, 5) is 20.4. The maximum Gasteiger partial charge on any atom is 0.422 e. The van der Waals surface area contributed by atoms with E-state index in [4.69, 9.17) is 0 Å². The number of benzene rings is 1. The molecule has 0 saturated heterocycles. The summed E-state index contributed by atoms with van der Waals surface area (Å²) >= 11 is 1.53. The van der Waals surface area contributed by atoms with E-state index in [9.17, 15) is 18.0 Å². The van der Waals surface area contributed by atoms with E-state index >= 15 is 0 Å². The average Bonchev–Trinajstić information content (AvgIpc) is 3.06. The lowest BCUT2D eigenvalue weighted by molar-refractivity contribution is -0.154. The van der Waals surface area contributed by atoms with Gasteiger partial charge in [-0.2, -0.15) is 13.2 Å². The molecule has 27 heavy (non-hydrogen) atoms. The highest BCUT2D eigenvalue weighted by Gasteiger charge is 2.28. The van der Waals surface area contributed by atoms with Gasteiger partial charge in [0.05, 0.1) is 16.3 Å². The highest BCUT2D eigenvalue weighted by atomic mass is 32.1. The van der Waals surface area contributed by atoms with Crippen molar-refractivity contribution < 1.29 is 22.7 Å². The molecule has 9 heteroatoms. The zero-order valence-electron chi connectivity index (χ0n) is 14.1. The molecule has 1 amide bonds. The van der Waals surface area contributed by atoms with E-state index in [0.717, 1.165) is 22.5 Å². The number of aryl methyl sites for hydroxylation is 1. The van der Waals surface area contributed by atoms with E-state index in [2.05, 4.69) is 20.0 Å². The molecule has 0 aliphatic heterocycles. The number of nitrogens with zero attached hydrogens (tertiary/aromatic N) is 2. The second kappa shape index (κ2) is 7.75. The average molecular weight is 393 g/mol. The van der Waals surface area contributed by atoms with Crippen LogP contribution in [0.3, 0.4) is 0 Å². The van der Waals surface area contributed by atoms with Gasteiger partial charge in [-0.1, -0.05) is 12.1 Å². The van der Waals surface area contributed by atoms with Crippen molar-refractivity contribution in [2.45, 2.75) is 13.1 Å². The van der Waals surface area contributed by atoms with Gasteiger partial charge in [0.15, 0.2) is 6.61 Å². The highest BCUT2D eigenvalue weighted by Crippen LogP contribution is 2.24. The maximum atomic E-state index is 12.3. The van der Waals surface area contributed by atoms with Crippen molar-refractivity contribution in [3.8, 4) is 17.1 Å². The van der Waals surface area contributed by atoms with E-state index in [1.807, 2.05) is 18.4 Å². The summed E-state index contributed by atoms with van der Waals surface area (Å²) in [5.74, 6) is -0.638. The highest BCUT2D eigenvalue weighted by molar-refractivity contribution is 7.09. The molecule has 0 spiro atoms. The molecule has 3 aromatic rings. The zero-order valence-corrected chi connectivity index (χ0v) is 14.9. The third kappa shape index (κ3) is 5.27. The Kier molecular flexibility index (Phi) is 5.41. The number of halogens is 3. The SMILES string of the molecule is Cc1nc(-c2cccc(NC(=O)c3ccc(OCC(F)(F)F)nc3)c2)cs1. The third-order valence-electron chi connectivity index (χ3n) is 3.42. The molecule has 2 heterocycles. The van der Waals surface area contributed by atoms with Gasteiger partial charge in [-0.25, -0.2) is 9.97 Å². The van der Waals surface area contributed by atoms with Crippen molar-refractivity contribution in [1.82, 2.24) is 9.97 Å². The number of pyridine rings is 1. The number of rotatable bonds is 5. The minimum absolute atomic E-state index is 0.198. The van der Waals surface area contributed by atoms with Gasteiger partial charge in [0, 0.05) is 28.9 Å². The molecule has 0 fully saturated rings. The summed E-state index contributed by atoms with van der Waals surface area (Å²) in [7, 11) is 0. The fourth-order valence-electron chi connectivity index (χ4n) is 2.21. The van der Waals surface area contributed by atoms with Crippen molar-refractivity contribution in [1.29, 1.82) is 0 Å². The molecule has 2 aromatic heterocycles. The Morgan fingerprint density at radius 3 is 2.70 bits per heavy atom. The van der Waals surface area contributed by atoms with Crippen LogP contribution in [0.1, 0.15) is 15.4 Å². The summed E-state index contributed by atoms with van der Waals surface area (Å²) in [6.45, 7) is 0.476. The Bertz CT molecular complexity index is 940. The molecule has 0 atom stereocenters. The first kappa shape index (κ1) is 18.8. The number of hydrogen-bond donors (Lipinski definition) is 1. The predicted molar refractivity (Wildman–Crippen MR) is 96.0 cm³/mol. The predicted octanol–water partition coefficient (Wildman–Crippen LogP) is 4.71. The minimum Gasteiger partial charge on any atom is -0.468 e. The summed E-state index contributed by atoms with van der Waals surface area (Å²) in [6, 6.07) is 9.77. The van der Waals surface area contributed by atoms with Gasteiger partial charge in [0.25, 0.3) is 5.91 Å². The van der Waals surface area contributed by atoms with Crippen LogP contribution in [-0.4, -0.2) is 28.7 Å². The molecular formula is C18H14F3N3O2S. The minimum atomic E-state index is -4.45. The number of carbonyl (C=O) groups is 1. The molecular weight excluding hydrogens is 379 g/mol. The quantitative estimate of drug-likeness (QED) is 0.682. The van der Waals surface area contributed by atoms with Crippen molar-refractivity contribution >= 4 is 22.9 Å². The Hall–Kier alpha value is -2.94. The van der Waals surface area contributed by atoms with Crippen molar-refractivity contribution in [2.24, 2.45) is 0 Å². The smallest absolute Gasteiger partial charge is 0.422 e. The van der Waals surface area contributed by atoms with Gasteiger partial charge in [-0.15, -0.1) is 11.3 Å². The number of thiazole rings is 1. The molecule has 0 unspecified atom stereocenters. The van der Waals surface area contributed by atoms with Gasteiger partial charge in [0.2, 0.25) is 5.88 Å². The van der Waals surface area contributed by atoms with Crippen molar-refractivity contribution in [2.75, 3.05) is 11.9 Å². The molecule has 0 radical (unpaired) electrons. The fourth-order valence-corrected chi connectivity index (χ4v) is 2.83. The van der Waals surface area contributed by atoms with Gasteiger partial charge in [-0.05, 0) is 25.1 Å². The summed E-state index contributed by atoms with van der Waals surface area (Å²) in [6.07, 6.45) is -3.28. The lowest BCUT2D eigenvalue weighted by Gasteiger charge is -2.09. The van der Waals surface area contributed by atoms with Crippen LogP contribution in [0.4, 0.5) is 18.9 Å². The maximum absolute atomic E-state index is 12.3. The largest absolute Gasteiger partial charge is 0.468 e. The number of carbonyl (C=O) groups excluding carboxylic acids is 1. The number of ether oxygens (including phenoxy) is 1. The van der Waals surface area contributed by atoms with E-state index in [1.54, 1.807) is 18.2 Å². The van der Waals surface area contributed by atoms with E-state index < -0.39 is 18.7 Å². The van der Waals surface area contributed by atoms with Gasteiger partial charge in [0.1, 0.15) is 0 Å². The number of anilines is 1. The third-order valence-corrected chi connectivity index (χ3v) is 4.19. The number of aromatic nitrogens is 2. The number of alkyl halides is 3. The van der Waals surface area contributed by atoms with Crippen LogP contribution in [0.15, 0.2) is 48.0 Å². The lowest BCUT2D eigenvalue weighted by Crippen LogP contribution is -2.19. The number of hydrogen-bond acceptors (Lipinski definition) is 5. The Labute approximate surface area is 156 Å². The monoisotopic (exact) mass is 393 g/mol.